The molecular weight excluding hydrogens is 530 g/mol. The van der Waals surface area contributed by atoms with Crippen molar-refractivity contribution in [1.82, 2.24) is 4.57 Å². The number of nitriles is 2. The van der Waals surface area contributed by atoms with Crippen molar-refractivity contribution >= 4 is 65.7 Å². The highest BCUT2D eigenvalue weighted by Gasteiger charge is 2.20. The van der Waals surface area contributed by atoms with Crippen LogP contribution in [0.4, 0.5) is 0 Å². The van der Waals surface area contributed by atoms with Crippen molar-refractivity contribution in [3.63, 3.8) is 0 Å². The van der Waals surface area contributed by atoms with Crippen LogP contribution >= 0.6 is 0 Å². The summed E-state index contributed by atoms with van der Waals surface area (Å²) in [5.74, 6) is 0. The lowest BCUT2D eigenvalue weighted by Crippen LogP contribution is -1.98. The second kappa shape index (κ2) is 8.60. The SMILES string of the molecule is N#Cc1ccc(-c2ccc3oc4ccc5oc6ccc(C#N)cc6c5c4c3c2)c(-n2c3ccccc3c3ccccc32)c1. The van der Waals surface area contributed by atoms with Crippen molar-refractivity contribution in [3.8, 4) is 29.0 Å². The fraction of sp³-hybridized carbons (Fsp3) is 0. The smallest absolute Gasteiger partial charge is 0.136 e. The molecule has 0 saturated carbocycles. The van der Waals surface area contributed by atoms with E-state index in [4.69, 9.17) is 8.83 Å². The van der Waals surface area contributed by atoms with E-state index in [-0.39, 0.29) is 0 Å². The number of aromatic nitrogens is 1. The minimum atomic E-state index is 0.578. The van der Waals surface area contributed by atoms with E-state index < -0.39 is 0 Å². The van der Waals surface area contributed by atoms with Crippen LogP contribution in [0.15, 0.2) is 124 Å². The zero-order chi connectivity index (χ0) is 28.7. The van der Waals surface area contributed by atoms with Crippen LogP contribution in [-0.2, 0) is 0 Å². The quantitative estimate of drug-likeness (QED) is 0.215. The molecule has 0 N–H and O–H groups in total. The van der Waals surface area contributed by atoms with E-state index in [1.165, 1.54) is 0 Å². The molecule has 0 atom stereocenters. The van der Waals surface area contributed by atoms with E-state index in [0.29, 0.717) is 11.1 Å². The van der Waals surface area contributed by atoms with Gasteiger partial charge in [-0.3, -0.25) is 0 Å². The summed E-state index contributed by atoms with van der Waals surface area (Å²) in [6, 6.07) is 42.8. The molecule has 0 aliphatic heterocycles. The molecule has 0 aliphatic rings. The standard InChI is InChI=1S/C38H19N3O2/c39-20-22-10-13-33-28(17-22)37-35(42-33)15-16-36-38(37)29-19-24(11-14-34(29)43-36)25-12-9-23(21-40)18-32(25)41-30-7-3-1-5-26(30)27-6-2-4-8-31(27)41/h1-19H. The lowest BCUT2D eigenvalue weighted by Gasteiger charge is -2.15. The van der Waals surface area contributed by atoms with Crippen LogP contribution in [0.3, 0.4) is 0 Å². The number of fused-ring (bicyclic) bond motifs is 10. The van der Waals surface area contributed by atoms with E-state index >= 15 is 0 Å². The molecule has 43 heavy (non-hydrogen) atoms. The molecule has 198 valence electrons. The molecule has 0 saturated heterocycles. The van der Waals surface area contributed by atoms with Crippen molar-refractivity contribution in [3.05, 3.63) is 126 Å². The van der Waals surface area contributed by atoms with Crippen LogP contribution in [0, 0.1) is 22.7 Å². The first kappa shape index (κ1) is 23.4. The van der Waals surface area contributed by atoms with Crippen molar-refractivity contribution in [2.24, 2.45) is 0 Å². The van der Waals surface area contributed by atoms with Gasteiger partial charge in [0.15, 0.2) is 0 Å². The number of hydrogen-bond acceptors (Lipinski definition) is 4. The van der Waals surface area contributed by atoms with Gasteiger partial charge in [0, 0.05) is 37.9 Å². The van der Waals surface area contributed by atoms with Crippen LogP contribution in [0.2, 0.25) is 0 Å². The average molecular weight is 550 g/mol. The molecule has 0 amide bonds. The molecule has 0 unspecified atom stereocenters. The molecular formula is C38H19N3O2. The van der Waals surface area contributed by atoms with Gasteiger partial charge in [0.2, 0.25) is 0 Å². The summed E-state index contributed by atoms with van der Waals surface area (Å²) in [7, 11) is 0. The normalized spacial score (nSPS) is 11.7. The Morgan fingerprint density at radius 2 is 1.02 bits per heavy atom. The Hall–Kier alpha value is -6.30. The van der Waals surface area contributed by atoms with Crippen molar-refractivity contribution in [2.45, 2.75) is 0 Å². The Kier molecular flexibility index (Phi) is 4.68. The monoisotopic (exact) mass is 549 g/mol. The molecule has 5 nitrogen and oxygen atoms in total. The average Bonchev–Trinajstić information content (AvgIpc) is 3.72. The third-order valence-electron chi connectivity index (χ3n) is 8.45. The highest BCUT2D eigenvalue weighted by atomic mass is 16.3. The van der Waals surface area contributed by atoms with E-state index in [1.807, 2.05) is 60.7 Å². The van der Waals surface area contributed by atoms with E-state index in [9.17, 15) is 10.5 Å². The summed E-state index contributed by atoms with van der Waals surface area (Å²) >= 11 is 0. The van der Waals surface area contributed by atoms with Gasteiger partial charge in [-0.05, 0) is 72.3 Å². The van der Waals surface area contributed by atoms with Gasteiger partial charge in [0.05, 0.1) is 40.0 Å². The summed E-state index contributed by atoms with van der Waals surface area (Å²) in [6.07, 6.45) is 0. The molecule has 9 aromatic rings. The number of furan rings is 2. The number of para-hydroxylation sites is 2. The van der Waals surface area contributed by atoms with Gasteiger partial charge < -0.3 is 13.4 Å². The molecule has 6 aromatic carbocycles. The van der Waals surface area contributed by atoms with Gasteiger partial charge in [-0.2, -0.15) is 10.5 Å². The van der Waals surface area contributed by atoms with Gasteiger partial charge in [0.1, 0.15) is 22.3 Å². The topological polar surface area (TPSA) is 78.8 Å². The first-order valence-electron chi connectivity index (χ1n) is 14.0. The van der Waals surface area contributed by atoms with Gasteiger partial charge >= 0.3 is 0 Å². The van der Waals surface area contributed by atoms with Gasteiger partial charge in [-0.25, -0.2) is 0 Å². The summed E-state index contributed by atoms with van der Waals surface area (Å²) in [6.45, 7) is 0. The van der Waals surface area contributed by atoms with Crippen molar-refractivity contribution in [2.75, 3.05) is 0 Å². The Morgan fingerprint density at radius 3 is 1.67 bits per heavy atom. The molecule has 0 fully saturated rings. The van der Waals surface area contributed by atoms with Gasteiger partial charge in [0.25, 0.3) is 0 Å². The zero-order valence-electron chi connectivity index (χ0n) is 22.6. The molecule has 0 aliphatic carbocycles. The number of rotatable bonds is 2. The number of benzene rings is 6. The molecule has 5 heteroatoms. The molecule has 3 heterocycles. The van der Waals surface area contributed by atoms with Crippen LogP contribution in [0.5, 0.6) is 0 Å². The fourth-order valence-corrected chi connectivity index (χ4v) is 6.58. The Labute approximate surface area is 244 Å². The molecule has 3 aromatic heterocycles. The van der Waals surface area contributed by atoms with Crippen molar-refractivity contribution < 1.29 is 8.83 Å². The van der Waals surface area contributed by atoms with Crippen LogP contribution in [0.1, 0.15) is 11.1 Å². The van der Waals surface area contributed by atoms with Crippen molar-refractivity contribution in [1.29, 1.82) is 10.5 Å². The maximum atomic E-state index is 9.88. The third kappa shape index (κ3) is 3.25. The largest absolute Gasteiger partial charge is 0.456 e. The maximum Gasteiger partial charge on any atom is 0.136 e. The number of nitrogens with zero attached hydrogens (tertiary/aromatic N) is 3. The van der Waals surface area contributed by atoms with Crippen LogP contribution in [-0.4, -0.2) is 4.57 Å². The molecule has 0 bridgehead atoms. The van der Waals surface area contributed by atoms with Gasteiger partial charge in [-0.15, -0.1) is 0 Å². The maximum absolute atomic E-state index is 9.88. The van der Waals surface area contributed by atoms with E-state index in [2.05, 4.69) is 65.2 Å². The summed E-state index contributed by atoms with van der Waals surface area (Å²) in [5, 5.41) is 25.5. The molecule has 0 spiro atoms. The van der Waals surface area contributed by atoms with E-state index in [0.717, 1.165) is 82.5 Å². The minimum absolute atomic E-state index is 0.578. The fourth-order valence-electron chi connectivity index (χ4n) is 6.58. The Balaban J connectivity index is 1.37. The highest BCUT2D eigenvalue weighted by Crippen LogP contribution is 2.42. The minimum Gasteiger partial charge on any atom is -0.456 e. The summed E-state index contributed by atoms with van der Waals surface area (Å²) < 4.78 is 14.8. The lowest BCUT2D eigenvalue weighted by atomic mass is 9.98. The predicted molar refractivity (Wildman–Crippen MR) is 170 cm³/mol. The summed E-state index contributed by atoms with van der Waals surface area (Å²) in [4.78, 5) is 0. The third-order valence-corrected chi connectivity index (χ3v) is 8.45. The molecule has 0 radical (unpaired) electrons. The highest BCUT2D eigenvalue weighted by molar-refractivity contribution is 6.26. The lowest BCUT2D eigenvalue weighted by molar-refractivity contribution is 0.663. The van der Waals surface area contributed by atoms with Crippen LogP contribution in [0.25, 0.3) is 82.5 Å². The predicted octanol–water partition coefficient (Wildman–Crippen LogP) is 9.99. The molecule has 9 rings (SSSR count). The first-order valence-corrected chi connectivity index (χ1v) is 14.0. The first-order chi connectivity index (χ1) is 21.2. The second-order valence-corrected chi connectivity index (χ2v) is 10.8. The van der Waals surface area contributed by atoms with E-state index in [1.54, 1.807) is 6.07 Å². The number of hydrogen-bond donors (Lipinski definition) is 0. The zero-order valence-corrected chi connectivity index (χ0v) is 22.6. The van der Waals surface area contributed by atoms with Gasteiger partial charge in [-0.1, -0.05) is 48.5 Å². The summed E-state index contributed by atoms with van der Waals surface area (Å²) in [5.41, 5.74) is 9.26. The Bertz CT molecular complexity index is 2650. The Morgan fingerprint density at radius 1 is 0.488 bits per heavy atom. The second-order valence-electron chi connectivity index (χ2n) is 10.8. The van der Waals surface area contributed by atoms with Crippen LogP contribution < -0.4 is 0 Å².